The molecule has 0 spiro atoms. The normalized spacial score (nSPS) is 14.0. The summed E-state index contributed by atoms with van der Waals surface area (Å²) in [5.41, 5.74) is 3.67. The third-order valence-corrected chi connectivity index (χ3v) is 7.53. The predicted octanol–water partition coefficient (Wildman–Crippen LogP) is 4.07. The molecule has 1 aliphatic rings. The van der Waals surface area contributed by atoms with Crippen molar-refractivity contribution >= 4 is 23.6 Å². The first-order chi connectivity index (χ1) is 20.2. The van der Waals surface area contributed by atoms with E-state index in [0.29, 0.717) is 11.3 Å². The van der Waals surface area contributed by atoms with Crippen molar-refractivity contribution in [2.45, 2.75) is 72.1 Å². The average molecular weight is 592 g/mol. The first-order valence-electron chi connectivity index (χ1n) is 14.7. The standard InChI is InChI=1S/C33H45N5O5/c1-22(2)38(32(41)43-33(4,5)6)14-13-35-30(39)20-37(29-15-24(19-34)10-9-23(29)3)21-31(40)36(7)27-16-25-11-12-28(42-8)18-26(25)17-27/h9-12,15,18,22,27H,13-14,16-17,20-21H2,1-8H3,(H,35,39). The molecule has 232 valence electrons. The number of nitrogens with zero attached hydrogens (tertiary/aromatic N) is 4. The Kier molecular flexibility index (Phi) is 11.0. The quantitative estimate of drug-likeness (QED) is 0.419. The Morgan fingerprint density at radius 1 is 1.07 bits per heavy atom. The Balaban J connectivity index is 1.70. The Morgan fingerprint density at radius 2 is 1.77 bits per heavy atom. The summed E-state index contributed by atoms with van der Waals surface area (Å²) in [7, 11) is 3.43. The zero-order chi connectivity index (χ0) is 31.9. The number of hydrogen-bond donors (Lipinski definition) is 1. The smallest absolute Gasteiger partial charge is 0.410 e. The highest BCUT2D eigenvalue weighted by atomic mass is 16.6. The number of amides is 3. The van der Waals surface area contributed by atoms with Gasteiger partial charge in [-0.1, -0.05) is 12.1 Å². The summed E-state index contributed by atoms with van der Waals surface area (Å²) >= 11 is 0. The minimum absolute atomic E-state index is 0.00769. The van der Waals surface area contributed by atoms with Crippen molar-refractivity contribution < 1.29 is 23.9 Å². The number of rotatable bonds is 11. The van der Waals surface area contributed by atoms with Gasteiger partial charge in [0.2, 0.25) is 11.8 Å². The molecule has 2 aromatic carbocycles. The van der Waals surface area contributed by atoms with Crippen LogP contribution in [0.15, 0.2) is 36.4 Å². The topological polar surface area (TPSA) is 115 Å². The van der Waals surface area contributed by atoms with Crippen LogP contribution in [0.3, 0.4) is 0 Å². The van der Waals surface area contributed by atoms with Crippen molar-refractivity contribution in [3.05, 3.63) is 58.7 Å². The van der Waals surface area contributed by atoms with E-state index in [-0.39, 0.29) is 50.1 Å². The Labute approximate surface area is 255 Å². The van der Waals surface area contributed by atoms with E-state index in [1.807, 2.05) is 65.8 Å². The van der Waals surface area contributed by atoms with Crippen molar-refractivity contribution in [1.82, 2.24) is 15.1 Å². The van der Waals surface area contributed by atoms with Crippen molar-refractivity contribution in [3.63, 3.8) is 0 Å². The SMILES string of the molecule is COc1ccc2c(c1)CC(N(C)C(=O)CN(CC(=O)NCCN(C(=O)OC(C)(C)C)C(C)C)c1cc(C#N)ccc1C)C2. The fourth-order valence-electron chi connectivity index (χ4n) is 5.12. The van der Waals surface area contributed by atoms with Crippen LogP contribution in [0.2, 0.25) is 0 Å². The van der Waals surface area contributed by atoms with Crippen molar-refractivity contribution in [1.29, 1.82) is 5.26 Å². The van der Waals surface area contributed by atoms with Gasteiger partial charge in [0.15, 0.2) is 0 Å². The molecule has 0 radical (unpaired) electrons. The highest BCUT2D eigenvalue weighted by molar-refractivity contribution is 5.87. The molecular formula is C33H45N5O5. The van der Waals surface area contributed by atoms with Crippen LogP contribution in [0.25, 0.3) is 0 Å². The third-order valence-electron chi connectivity index (χ3n) is 7.53. The van der Waals surface area contributed by atoms with E-state index < -0.39 is 11.7 Å². The maximum Gasteiger partial charge on any atom is 0.410 e. The number of hydrogen-bond acceptors (Lipinski definition) is 7. The summed E-state index contributed by atoms with van der Waals surface area (Å²) in [6, 6.07) is 13.3. The largest absolute Gasteiger partial charge is 0.497 e. The lowest BCUT2D eigenvalue weighted by Crippen LogP contribution is -2.48. The number of methoxy groups -OCH3 is 1. The second kappa shape index (κ2) is 14.3. The van der Waals surface area contributed by atoms with Crippen LogP contribution < -0.4 is 15.0 Å². The van der Waals surface area contributed by atoms with Crippen LogP contribution in [0.1, 0.15) is 56.9 Å². The van der Waals surface area contributed by atoms with Crippen LogP contribution in [0.5, 0.6) is 5.75 Å². The van der Waals surface area contributed by atoms with Crippen LogP contribution in [0, 0.1) is 18.3 Å². The molecule has 0 bridgehead atoms. The number of nitriles is 1. The number of anilines is 1. The monoisotopic (exact) mass is 591 g/mol. The lowest BCUT2D eigenvalue weighted by Gasteiger charge is -2.31. The predicted molar refractivity (Wildman–Crippen MR) is 166 cm³/mol. The molecule has 1 N–H and O–H groups in total. The van der Waals surface area contributed by atoms with Crippen molar-refractivity contribution in [2.24, 2.45) is 0 Å². The number of benzene rings is 2. The third kappa shape index (κ3) is 9.11. The minimum Gasteiger partial charge on any atom is -0.497 e. The lowest BCUT2D eigenvalue weighted by atomic mass is 10.1. The number of carbonyl (C=O) groups excluding carboxylic acids is 3. The van der Waals surface area contributed by atoms with Gasteiger partial charge < -0.3 is 29.5 Å². The molecule has 3 amide bonds. The molecule has 10 nitrogen and oxygen atoms in total. The molecule has 0 saturated heterocycles. The van der Waals surface area contributed by atoms with Crippen LogP contribution >= 0.6 is 0 Å². The van der Waals surface area contributed by atoms with Gasteiger partial charge >= 0.3 is 6.09 Å². The van der Waals surface area contributed by atoms with Crippen LogP contribution in [-0.4, -0.2) is 85.7 Å². The molecule has 0 saturated carbocycles. The summed E-state index contributed by atoms with van der Waals surface area (Å²) in [6.45, 7) is 11.5. The van der Waals surface area contributed by atoms with Crippen molar-refractivity contribution in [3.8, 4) is 11.8 Å². The summed E-state index contributed by atoms with van der Waals surface area (Å²) in [6.07, 6.45) is 1.03. The van der Waals surface area contributed by atoms with Gasteiger partial charge in [-0.25, -0.2) is 4.79 Å². The zero-order valence-electron chi connectivity index (χ0n) is 26.7. The van der Waals surface area contributed by atoms with E-state index in [0.717, 1.165) is 24.2 Å². The first-order valence-corrected chi connectivity index (χ1v) is 14.7. The first kappa shape index (κ1) is 33.2. The molecule has 1 unspecified atom stereocenters. The van der Waals surface area contributed by atoms with Gasteiger partial charge in [0.25, 0.3) is 0 Å². The van der Waals surface area contributed by atoms with Gasteiger partial charge in [0.1, 0.15) is 11.4 Å². The molecule has 43 heavy (non-hydrogen) atoms. The fraction of sp³-hybridized carbons (Fsp3) is 0.515. The minimum atomic E-state index is -0.627. The molecule has 1 atom stereocenters. The second-order valence-corrected chi connectivity index (χ2v) is 12.3. The number of nitrogens with one attached hydrogen (secondary N) is 1. The van der Waals surface area contributed by atoms with E-state index in [4.69, 9.17) is 9.47 Å². The number of carbonyl (C=O) groups is 3. The van der Waals surface area contributed by atoms with Gasteiger partial charge in [0.05, 0.1) is 31.8 Å². The van der Waals surface area contributed by atoms with Gasteiger partial charge in [-0.15, -0.1) is 0 Å². The number of likely N-dealkylation sites (N-methyl/N-ethyl adjacent to an activating group) is 1. The Morgan fingerprint density at radius 3 is 2.40 bits per heavy atom. The number of aryl methyl sites for hydroxylation is 1. The summed E-state index contributed by atoms with van der Waals surface area (Å²) in [5, 5.41) is 12.4. The van der Waals surface area contributed by atoms with Crippen molar-refractivity contribution in [2.75, 3.05) is 45.2 Å². The average Bonchev–Trinajstić information content (AvgIpc) is 3.37. The second-order valence-electron chi connectivity index (χ2n) is 12.3. The zero-order valence-corrected chi connectivity index (χ0v) is 26.7. The Bertz CT molecular complexity index is 1360. The van der Waals surface area contributed by atoms with E-state index in [2.05, 4.69) is 11.4 Å². The van der Waals surface area contributed by atoms with E-state index in [1.54, 1.807) is 41.0 Å². The maximum atomic E-state index is 13.6. The highest BCUT2D eigenvalue weighted by Crippen LogP contribution is 2.29. The molecule has 10 heteroatoms. The molecular weight excluding hydrogens is 546 g/mol. The molecule has 0 heterocycles. The number of fused-ring (bicyclic) bond motifs is 1. The highest BCUT2D eigenvalue weighted by Gasteiger charge is 2.30. The van der Waals surface area contributed by atoms with Gasteiger partial charge in [0, 0.05) is 37.9 Å². The summed E-state index contributed by atoms with van der Waals surface area (Å²) in [5.74, 6) is 0.363. The van der Waals surface area contributed by atoms with E-state index in [1.165, 1.54) is 11.1 Å². The van der Waals surface area contributed by atoms with Crippen LogP contribution in [-0.2, 0) is 27.2 Å². The van der Waals surface area contributed by atoms with E-state index in [9.17, 15) is 19.6 Å². The molecule has 0 aliphatic heterocycles. The van der Waals surface area contributed by atoms with Gasteiger partial charge in [-0.3, -0.25) is 9.59 Å². The summed E-state index contributed by atoms with van der Waals surface area (Å²) < 4.78 is 10.9. The van der Waals surface area contributed by atoms with Crippen LogP contribution in [0.4, 0.5) is 10.5 Å². The summed E-state index contributed by atoms with van der Waals surface area (Å²) in [4.78, 5) is 44.5. The molecule has 0 aromatic heterocycles. The maximum absolute atomic E-state index is 13.6. The molecule has 3 rings (SSSR count). The Hall–Kier alpha value is -4.26. The lowest BCUT2D eigenvalue weighted by molar-refractivity contribution is -0.130. The molecule has 2 aromatic rings. The van der Waals surface area contributed by atoms with Gasteiger partial charge in [-0.2, -0.15) is 5.26 Å². The molecule has 1 aliphatic carbocycles. The van der Waals surface area contributed by atoms with E-state index >= 15 is 0 Å². The number of ether oxygens (including phenoxy) is 2. The molecule has 0 fully saturated rings. The van der Waals surface area contributed by atoms with Gasteiger partial charge in [-0.05, 0) is 95.3 Å². The fourth-order valence-corrected chi connectivity index (χ4v) is 5.12.